The maximum Gasteiger partial charge on any atom is 0.108 e. The topological polar surface area (TPSA) is 17.4 Å². The van der Waals surface area contributed by atoms with Crippen molar-refractivity contribution in [3.63, 3.8) is 0 Å². The van der Waals surface area contributed by atoms with Crippen molar-refractivity contribution in [1.29, 1.82) is 0 Å². The lowest BCUT2D eigenvalue weighted by atomic mass is 10.5. The van der Waals surface area contributed by atoms with Crippen molar-refractivity contribution in [2.75, 3.05) is 31.9 Å². The van der Waals surface area contributed by atoms with Crippen LogP contribution < -0.4 is 4.90 Å². The Morgan fingerprint density at radius 3 is 2.80 bits per heavy atom. The average molecular weight is 226 g/mol. The van der Waals surface area contributed by atoms with Crippen LogP contribution in [0.25, 0.3) is 0 Å². The Morgan fingerprint density at radius 2 is 2.27 bits per heavy atom. The van der Waals surface area contributed by atoms with Gasteiger partial charge in [0.2, 0.25) is 0 Å². The summed E-state index contributed by atoms with van der Waals surface area (Å²) in [6.07, 6.45) is 3.57. The maximum atomic E-state index is 5.16. The molecule has 0 spiro atoms. The molecule has 1 aromatic heterocycles. The summed E-state index contributed by atoms with van der Waals surface area (Å²) in [5.41, 5.74) is 0. The molecule has 0 atom stereocenters. The van der Waals surface area contributed by atoms with Gasteiger partial charge in [0.15, 0.2) is 0 Å². The van der Waals surface area contributed by atoms with Crippen molar-refractivity contribution < 1.29 is 4.74 Å². The van der Waals surface area contributed by atoms with E-state index in [-0.39, 0.29) is 0 Å². The molecule has 0 saturated heterocycles. The van der Waals surface area contributed by atoms with Gasteiger partial charge in [-0.1, -0.05) is 6.58 Å². The van der Waals surface area contributed by atoms with Crippen LogP contribution >= 0.6 is 11.8 Å². The van der Waals surface area contributed by atoms with Gasteiger partial charge in [0.1, 0.15) is 12.4 Å². The highest BCUT2D eigenvalue weighted by molar-refractivity contribution is 7.98. The van der Waals surface area contributed by atoms with Crippen LogP contribution in [0.2, 0.25) is 0 Å². The SMILES string of the molecule is C=COCCn1c(SC)ccc1N(C)C. The predicted octanol–water partition coefficient (Wildman–Crippen LogP) is 2.44. The molecule has 15 heavy (non-hydrogen) atoms. The number of anilines is 1. The lowest BCUT2D eigenvalue weighted by molar-refractivity contribution is 0.234. The summed E-state index contributed by atoms with van der Waals surface area (Å²) in [6.45, 7) is 5.04. The summed E-state index contributed by atoms with van der Waals surface area (Å²) >= 11 is 1.75. The molecule has 1 aromatic rings. The van der Waals surface area contributed by atoms with Gasteiger partial charge in [0.25, 0.3) is 0 Å². The third-order valence-corrected chi connectivity index (χ3v) is 2.91. The molecule has 1 rings (SSSR count). The first-order chi connectivity index (χ1) is 7.20. The summed E-state index contributed by atoms with van der Waals surface area (Å²) in [7, 11) is 4.09. The molecule has 0 aliphatic rings. The van der Waals surface area contributed by atoms with Gasteiger partial charge < -0.3 is 14.2 Å². The molecule has 3 nitrogen and oxygen atoms in total. The number of aromatic nitrogens is 1. The van der Waals surface area contributed by atoms with Gasteiger partial charge in [-0.05, 0) is 18.4 Å². The molecule has 0 unspecified atom stereocenters. The van der Waals surface area contributed by atoms with E-state index in [0.29, 0.717) is 6.61 Å². The van der Waals surface area contributed by atoms with Gasteiger partial charge in [0.05, 0.1) is 17.8 Å². The fraction of sp³-hybridized carbons (Fsp3) is 0.455. The predicted molar refractivity (Wildman–Crippen MR) is 66.7 cm³/mol. The van der Waals surface area contributed by atoms with E-state index in [4.69, 9.17) is 4.74 Å². The minimum Gasteiger partial charge on any atom is -0.500 e. The molecule has 0 aromatic carbocycles. The molecule has 0 radical (unpaired) electrons. The van der Waals surface area contributed by atoms with E-state index in [1.807, 2.05) is 14.1 Å². The molecule has 0 bridgehead atoms. The molecule has 0 aliphatic carbocycles. The number of rotatable bonds is 6. The largest absolute Gasteiger partial charge is 0.500 e. The van der Waals surface area contributed by atoms with Crippen molar-refractivity contribution in [2.45, 2.75) is 11.6 Å². The van der Waals surface area contributed by atoms with Gasteiger partial charge in [0, 0.05) is 14.1 Å². The van der Waals surface area contributed by atoms with Crippen molar-refractivity contribution >= 4 is 17.6 Å². The number of hydrogen-bond acceptors (Lipinski definition) is 3. The second-order valence-electron chi connectivity index (χ2n) is 3.32. The van der Waals surface area contributed by atoms with Crippen molar-refractivity contribution in [3.05, 3.63) is 25.0 Å². The van der Waals surface area contributed by atoms with Crippen LogP contribution in [-0.2, 0) is 11.3 Å². The lowest BCUT2D eigenvalue weighted by Gasteiger charge is -2.17. The average Bonchev–Trinajstić information content (AvgIpc) is 2.61. The molecule has 0 aliphatic heterocycles. The van der Waals surface area contributed by atoms with Crippen LogP contribution in [0.1, 0.15) is 0 Å². The highest BCUT2D eigenvalue weighted by Gasteiger charge is 2.08. The van der Waals surface area contributed by atoms with E-state index in [0.717, 1.165) is 6.54 Å². The van der Waals surface area contributed by atoms with E-state index in [9.17, 15) is 0 Å². The smallest absolute Gasteiger partial charge is 0.108 e. The summed E-state index contributed by atoms with van der Waals surface area (Å²) in [5.74, 6) is 1.20. The minimum atomic E-state index is 0.659. The van der Waals surface area contributed by atoms with Crippen LogP contribution in [0.4, 0.5) is 5.82 Å². The molecule has 4 heteroatoms. The quantitative estimate of drug-likeness (QED) is 0.421. The Morgan fingerprint density at radius 1 is 1.53 bits per heavy atom. The van der Waals surface area contributed by atoms with E-state index in [1.54, 1.807) is 11.8 Å². The zero-order valence-corrected chi connectivity index (χ0v) is 10.4. The molecular formula is C11H18N2OS. The zero-order valence-electron chi connectivity index (χ0n) is 9.56. The van der Waals surface area contributed by atoms with Gasteiger partial charge in [-0.3, -0.25) is 0 Å². The molecule has 0 N–H and O–H groups in total. The number of nitrogens with zero attached hydrogens (tertiary/aromatic N) is 2. The van der Waals surface area contributed by atoms with Gasteiger partial charge in [-0.15, -0.1) is 11.8 Å². The van der Waals surface area contributed by atoms with Crippen molar-refractivity contribution in [1.82, 2.24) is 4.57 Å². The summed E-state index contributed by atoms with van der Waals surface area (Å²) in [4.78, 5) is 2.10. The van der Waals surface area contributed by atoms with E-state index < -0.39 is 0 Å². The highest BCUT2D eigenvalue weighted by atomic mass is 32.2. The van der Waals surface area contributed by atoms with Crippen LogP contribution in [0, 0.1) is 0 Å². The first-order valence-electron chi connectivity index (χ1n) is 4.84. The van der Waals surface area contributed by atoms with Gasteiger partial charge in [-0.25, -0.2) is 0 Å². The maximum absolute atomic E-state index is 5.16. The lowest BCUT2D eigenvalue weighted by Crippen LogP contribution is -2.16. The third kappa shape index (κ3) is 2.96. The highest BCUT2D eigenvalue weighted by Crippen LogP contribution is 2.24. The summed E-state index contributed by atoms with van der Waals surface area (Å²) in [5, 5.41) is 1.26. The Labute approximate surface area is 95.7 Å². The normalized spacial score (nSPS) is 10.1. The molecule has 84 valence electrons. The Hall–Kier alpha value is -1.03. The zero-order chi connectivity index (χ0) is 11.3. The van der Waals surface area contributed by atoms with Crippen LogP contribution in [0.3, 0.4) is 0 Å². The Balaban J connectivity index is 2.80. The minimum absolute atomic E-state index is 0.659. The van der Waals surface area contributed by atoms with Crippen molar-refractivity contribution in [3.8, 4) is 0 Å². The van der Waals surface area contributed by atoms with E-state index in [1.165, 1.54) is 17.1 Å². The molecule has 0 saturated carbocycles. The number of ether oxygens (including phenoxy) is 1. The number of hydrogen-bond donors (Lipinski definition) is 0. The third-order valence-electron chi connectivity index (χ3n) is 2.14. The first kappa shape index (κ1) is 12.0. The Kier molecular flexibility index (Phi) is 4.62. The number of thioether (sulfide) groups is 1. The van der Waals surface area contributed by atoms with Crippen LogP contribution in [-0.4, -0.2) is 31.5 Å². The molecular weight excluding hydrogens is 208 g/mol. The molecule has 0 amide bonds. The summed E-state index contributed by atoms with van der Waals surface area (Å²) < 4.78 is 7.40. The van der Waals surface area contributed by atoms with Crippen molar-refractivity contribution in [2.24, 2.45) is 0 Å². The van der Waals surface area contributed by atoms with Crippen LogP contribution in [0.5, 0.6) is 0 Å². The van der Waals surface area contributed by atoms with Gasteiger partial charge >= 0.3 is 0 Å². The Bertz CT molecular complexity index is 320. The monoisotopic (exact) mass is 226 g/mol. The molecule has 0 fully saturated rings. The summed E-state index contributed by atoms with van der Waals surface area (Å²) in [6, 6.07) is 4.26. The van der Waals surface area contributed by atoms with E-state index in [2.05, 4.69) is 34.4 Å². The van der Waals surface area contributed by atoms with E-state index >= 15 is 0 Å². The van der Waals surface area contributed by atoms with Gasteiger partial charge in [-0.2, -0.15) is 0 Å². The first-order valence-corrected chi connectivity index (χ1v) is 6.06. The fourth-order valence-electron chi connectivity index (χ4n) is 1.46. The second kappa shape index (κ2) is 5.75. The standard InChI is InChI=1S/C11H18N2OS/c1-5-14-9-8-13-10(12(2)3)6-7-11(13)15-4/h5-7H,1,8-9H2,2-4H3. The molecule has 1 heterocycles. The van der Waals surface area contributed by atoms with Crippen LogP contribution in [0.15, 0.2) is 30.0 Å². The second-order valence-corrected chi connectivity index (χ2v) is 4.14. The fourth-order valence-corrected chi connectivity index (χ4v) is 2.07.